The lowest BCUT2D eigenvalue weighted by atomic mass is 10.2. The first-order chi connectivity index (χ1) is 7.20. The molecule has 2 aromatic heterocycles. The molecule has 4 heteroatoms. The number of hydrogen-bond acceptors (Lipinski definition) is 3. The van der Waals surface area contributed by atoms with Crippen molar-refractivity contribution < 1.29 is 0 Å². The first kappa shape index (κ1) is 9.71. The van der Waals surface area contributed by atoms with E-state index in [1.54, 1.807) is 6.20 Å². The summed E-state index contributed by atoms with van der Waals surface area (Å²) in [5.74, 6) is 0. The minimum absolute atomic E-state index is 0.680. The van der Waals surface area contributed by atoms with Crippen molar-refractivity contribution in [2.24, 2.45) is 0 Å². The van der Waals surface area contributed by atoms with Gasteiger partial charge in [0, 0.05) is 18.3 Å². The van der Waals surface area contributed by atoms with Gasteiger partial charge in [-0.25, -0.2) is 0 Å². The summed E-state index contributed by atoms with van der Waals surface area (Å²) in [6.07, 6.45) is 3.67. The van der Waals surface area contributed by atoms with E-state index < -0.39 is 0 Å². The van der Waals surface area contributed by atoms with Crippen LogP contribution >= 0.6 is 0 Å². The Labute approximate surface area is 88.8 Å². The number of rotatable bonds is 2. The zero-order valence-corrected chi connectivity index (χ0v) is 8.94. The molecule has 0 fully saturated rings. The van der Waals surface area contributed by atoms with Crippen LogP contribution in [-0.2, 0) is 6.54 Å². The van der Waals surface area contributed by atoms with E-state index in [0.29, 0.717) is 5.69 Å². The maximum Gasteiger partial charge on any atom is 0.0737 e. The maximum atomic E-state index is 5.59. The molecule has 2 aromatic rings. The molecule has 0 radical (unpaired) electrons. The van der Waals surface area contributed by atoms with Crippen molar-refractivity contribution in [1.82, 2.24) is 14.8 Å². The second-order valence-electron chi connectivity index (χ2n) is 3.46. The summed E-state index contributed by atoms with van der Waals surface area (Å²) in [5.41, 5.74) is 9.25. The first-order valence-corrected chi connectivity index (χ1v) is 4.96. The Morgan fingerprint density at radius 1 is 1.40 bits per heavy atom. The predicted molar refractivity (Wildman–Crippen MR) is 60.3 cm³/mol. The fourth-order valence-electron chi connectivity index (χ4n) is 1.50. The number of aryl methyl sites for hydroxylation is 2. The number of hydrogen-bond donors (Lipinski definition) is 1. The van der Waals surface area contributed by atoms with Crippen LogP contribution in [0.3, 0.4) is 0 Å². The van der Waals surface area contributed by atoms with Gasteiger partial charge in [0.05, 0.1) is 23.3 Å². The standard InChI is InChI=1S/C11H14N4/c1-3-15-7-10(8(2)14-15)11-5-4-9(12)6-13-11/h4-7H,3,12H2,1-2H3. The molecular formula is C11H14N4. The van der Waals surface area contributed by atoms with Crippen LogP contribution in [0.4, 0.5) is 5.69 Å². The normalized spacial score (nSPS) is 10.5. The molecule has 78 valence electrons. The molecule has 0 bridgehead atoms. The van der Waals surface area contributed by atoms with E-state index in [2.05, 4.69) is 17.0 Å². The van der Waals surface area contributed by atoms with Crippen LogP contribution < -0.4 is 5.73 Å². The molecule has 0 amide bonds. The largest absolute Gasteiger partial charge is 0.397 e. The molecule has 0 unspecified atom stereocenters. The van der Waals surface area contributed by atoms with Gasteiger partial charge in [-0.05, 0) is 26.0 Å². The molecule has 0 aliphatic carbocycles. The smallest absolute Gasteiger partial charge is 0.0737 e. The first-order valence-electron chi connectivity index (χ1n) is 4.96. The van der Waals surface area contributed by atoms with Crippen molar-refractivity contribution in [3.05, 3.63) is 30.2 Å². The molecule has 0 spiro atoms. The molecule has 0 atom stereocenters. The van der Waals surface area contributed by atoms with Gasteiger partial charge in [0.25, 0.3) is 0 Å². The zero-order valence-electron chi connectivity index (χ0n) is 8.94. The van der Waals surface area contributed by atoms with Gasteiger partial charge in [-0.15, -0.1) is 0 Å². The third-order valence-corrected chi connectivity index (χ3v) is 2.33. The third kappa shape index (κ3) is 1.83. The number of pyridine rings is 1. The van der Waals surface area contributed by atoms with Crippen LogP contribution in [0.2, 0.25) is 0 Å². The summed E-state index contributed by atoms with van der Waals surface area (Å²) < 4.78 is 1.91. The predicted octanol–water partition coefficient (Wildman–Crippen LogP) is 1.86. The summed E-state index contributed by atoms with van der Waals surface area (Å²) in [7, 11) is 0. The molecule has 0 aromatic carbocycles. The minimum Gasteiger partial charge on any atom is -0.397 e. The summed E-state index contributed by atoms with van der Waals surface area (Å²) in [5, 5.41) is 4.37. The molecule has 2 rings (SSSR count). The summed E-state index contributed by atoms with van der Waals surface area (Å²) >= 11 is 0. The number of anilines is 1. The van der Waals surface area contributed by atoms with Gasteiger partial charge < -0.3 is 5.73 Å². The van der Waals surface area contributed by atoms with Crippen molar-refractivity contribution >= 4 is 5.69 Å². The van der Waals surface area contributed by atoms with E-state index in [1.807, 2.05) is 29.9 Å². The van der Waals surface area contributed by atoms with E-state index in [1.165, 1.54) is 0 Å². The van der Waals surface area contributed by atoms with Crippen molar-refractivity contribution in [3.63, 3.8) is 0 Å². The van der Waals surface area contributed by atoms with Gasteiger partial charge in [0.2, 0.25) is 0 Å². The summed E-state index contributed by atoms with van der Waals surface area (Å²) in [4.78, 5) is 4.28. The highest BCUT2D eigenvalue weighted by Crippen LogP contribution is 2.20. The topological polar surface area (TPSA) is 56.7 Å². The Hall–Kier alpha value is -1.84. The Bertz CT molecular complexity index is 456. The average Bonchev–Trinajstić information content (AvgIpc) is 2.61. The number of nitrogen functional groups attached to an aromatic ring is 1. The lowest BCUT2D eigenvalue weighted by molar-refractivity contribution is 0.653. The SMILES string of the molecule is CCn1cc(-c2ccc(N)cn2)c(C)n1. The highest BCUT2D eigenvalue weighted by Gasteiger charge is 2.07. The number of nitrogens with two attached hydrogens (primary N) is 1. The van der Waals surface area contributed by atoms with Gasteiger partial charge in [0.15, 0.2) is 0 Å². The van der Waals surface area contributed by atoms with Gasteiger partial charge in [-0.3, -0.25) is 9.67 Å². The molecule has 0 saturated carbocycles. The molecule has 0 aliphatic rings. The molecule has 0 aliphatic heterocycles. The van der Waals surface area contributed by atoms with Gasteiger partial charge in [-0.2, -0.15) is 5.10 Å². The monoisotopic (exact) mass is 202 g/mol. The Morgan fingerprint density at radius 3 is 2.73 bits per heavy atom. The fourth-order valence-corrected chi connectivity index (χ4v) is 1.50. The molecule has 15 heavy (non-hydrogen) atoms. The molecule has 0 saturated heterocycles. The Kier molecular flexibility index (Phi) is 2.41. The lowest BCUT2D eigenvalue weighted by Crippen LogP contribution is -1.93. The van der Waals surface area contributed by atoms with E-state index in [4.69, 9.17) is 5.73 Å². The molecule has 2 N–H and O–H groups in total. The second-order valence-corrected chi connectivity index (χ2v) is 3.46. The lowest BCUT2D eigenvalue weighted by Gasteiger charge is -1.98. The average molecular weight is 202 g/mol. The van der Waals surface area contributed by atoms with Crippen LogP contribution in [0.5, 0.6) is 0 Å². The van der Waals surface area contributed by atoms with E-state index in [-0.39, 0.29) is 0 Å². The molecular weight excluding hydrogens is 188 g/mol. The van der Waals surface area contributed by atoms with Crippen LogP contribution in [0, 0.1) is 6.92 Å². The summed E-state index contributed by atoms with van der Waals surface area (Å²) in [6, 6.07) is 3.77. The summed E-state index contributed by atoms with van der Waals surface area (Å²) in [6.45, 7) is 4.92. The van der Waals surface area contributed by atoms with Crippen molar-refractivity contribution in [1.29, 1.82) is 0 Å². The third-order valence-electron chi connectivity index (χ3n) is 2.33. The Morgan fingerprint density at radius 2 is 2.20 bits per heavy atom. The zero-order chi connectivity index (χ0) is 10.8. The fraction of sp³-hybridized carbons (Fsp3) is 0.273. The van der Waals surface area contributed by atoms with Crippen LogP contribution in [0.1, 0.15) is 12.6 Å². The quantitative estimate of drug-likeness (QED) is 0.808. The Balaban J connectivity index is 2.44. The van der Waals surface area contributed by atoms with Gasteiger partial charge >= 0.3 is 0 Å². The maximum absolute atomic E-state index is 5.59. The molecule has 2 heterocycles. The van der Waals surface area contributed by atoms with Crippen LogP contribution in [-0.4, -0.2) is 14.8 Å². The molecule has 4 nitrogen and oxygen atoms in total. The number of aromatic nitrogens is 3. The second kappa shape index (κ2) is 3.73. The highest BCUT2D eigenvalue weighted by molar-refractivity contribution is 5.62. The van der Waals surface area contributed by atoms with Crippen LogP contribution in [0.25, 0.3) is 11.3 Å². The van der Waals surface area contributed by atoms with Crippen molar-refractivity contribution in [2.75, 3.05) is 5.73 Å². The number of nitrogens with zero attached hydrogens (tertiary/aromatic N) is 3. The van der Waals surface area contributed by atoms with Gasteiger partial charge in [0.1, 0.15) is 0 Å². The van der Waals surface area contributed by atoms with Crippen molar-refractivity contribution in [3.8, 4) is 11.3 Å². The van der Waals surface area contributed by atoms with Crippen molar-refractivity contribution in [2.45, 2.75) is 20.4 Å². The van der Waals surface area contributed by atoms with Crippen LogP contribution in [0.15, 0.2) is 24.5 Å². The highest BCUT2D eigenvalue weighted by atomic mass is 15.3. The minimum atomic E-state index is 0.680. The van der Waals surface area contributed by atoms with Gasteiger partial charge in [-0.1, -0.05) is 0 Å². The van der Waals surface area contributed by atoms with E-state index >= 15 is 0 Å². The van der Waals surface area contributed by atoms with E-state index in [9.17, 15) is 0 Å². The van der Waals surface area contributed by atoms with E-state index in [0.717, 1.165) is 23.5 Å².